The monoisotopic (exact) mass is 140 g/mol. The fourth-order valence-corrected chi connectivity index (χ4v) is 0.285. The number of alkyl halides is 2. The molecule has 1 unspecified atom stereocenters. The Bertz CT molecular complexity index is 72.8. The van der Waals surface area contributed by atoms with Crippen molar-refractivity contribution in [3.8, 4) is 0 Å². The Morgan fingerprint density at radius 3 is 2.00 bits per heavy atom. The van der Waals surface area contributed by atoms with Crippen molar-refractivity contribution in [1.29, 1.82) is 0 Å². The molecule has 0 bridgehead atoms. The third kappa shape index (κ3) is 1.97. The molecule has 0 rings (SSSR count). The Morgan fingerprint density at radius 2 is 2.00 bits per heavy atom. The Balaban J connectivity index is 3.71. The molecule has 0 saturated heterocycles. The van der Waals surface area contributed by atoms with E-state index in [9.17, 15) is 4.39 Å². The Labute approximate surface area is 54.6 Å². The molecule has 0 aliphatic carbocycles. The van der Waals surface area contributed by atoms with Crippen molar-refractivity contribution in [3.05, 3.63) is 0 Å². The molecule has 0 aromatic carbocycles. The zero-order valence-corrected chi connectivity index (χ0v) is 6.24. The quantitative estimate of drug-likeness (QED) is 0.310. The molecule has 0 aliphatic heterocycles. The van der Waals surface area contributed by atoms with E-state index in [1.54, 1.807) is 14.1 Å². The van der Waals surface area contributed by atoms with Crippen LogP contribution in [-0.4, -0.2) is 30.9 Å². The van der Waals surface area contributed by atoms with Gasteiger partial charge in [-0.05, 0) is 0 Å². The van der Waals surface area contributed by atoms with Gasteiger partial charge < -0.3 is 0 Å². The molecule has 0 heterocycles. The van der Waals surface area contributed by atoms with E-state index in [-0.39, 0.29) is 4.48 Å². The second-order valence-electron chi connectivity index (χ2n) is 2.47. The summed E-state index contributed by atoms with van der Waals surface area (Å²) in [5.74, 6) is 0. The molecule has 0 radical (unpaired) electrons. The first kappa shape index (κ1) is 8.18. The van der Waals surface area contributed by atoms with Crippen LogP contribution < -0.4 is 0 Å². The van der Waals surface area contributed by atoms with Crippen molar-refractivity contribution in [2.75, 3.05) is 20.1 Å². The normalized spacial score (nSPS) is 16.1. The zero-order chi connectivity index (χ0) is 6.78. The summed E-state index contributed by atoms with van der Waals surface area (Å²) >= 11 is 5.42. The van der Waals surface area contributed by atoms with E-state index in [1.807, 2.05) is 0 Å². The number of hydrogen-bond acceptors (Lipinski definition) is 0. The summed E-state index contributed by atoms with van der Waals surface area (Å²) in [6.07, 6.45) is -0.882. The highest BCUT2D eigenvalue weighted by atomic mass is 35.5. The van der Waals surface area contributed by atoms with Crippen molar-refractivity contribution in [1.82, 2.24) is 0 Å². The van der Waals surface area contributed by atoms with E-state index < -0.39 is 6.30 Å². The minimum absolute atomic E-state index is 0.224. The van der Waals surface area contributed by atoms with Gasteiger partial charge in [-0.15, -0.1) is 0 Å². The minimum Gasteiger partial charge on any atom is -0.287 e. The molecule has 1 nitrogen and oxygen atoms in total. The number of hydrogen-bond donors (Lipinski definition) is 0. The highest BCUT2D eigenvalue weighted by molar-refractivity contribution is 6.16. The van der Waals surface area contributed by atoms with Crippen molar-refractivity contribution in [3.63, 3.8) is 0 Å². The lowest BCUT2D eigenvalue weighted by Gasteiger charge is -2.27. The van der Waals surface area contributed by atoms with Gasteiger partial charge in [-0.3, -0.25) is 4.48 Å². The second kappa shape index (κ2) is 2.65. The smallest absolute Gasteiger partial charge is 0.229 e. The third-order valence-electron chi connectivity index (χ3n) is 1.27. The van der Waals surface area contributed by atoms with Gasteiger partial charge in [0.05, 0.1) is 14.1 Å². The van der Waals surface area contributed by atoms with Gasteiger partial charge in [0, 0.05) is 6.92 Å². The van der Waals surface area contributed by atoms with Crippen LogP contribution in [0.15, 0.2) is 0 Å². The zero-order valence-electron chi connectivity index (χ0n) is 5.49. The predicted octanol–water partition coefficient (Wildman–Crippen LogP) is 1.57. The first-order valence-corrected chi connectivity index (χ1v) is 3.07. The molecule has 0 fully saturated rings. The first-order chi connectivity index (χ1) is 3.50. The van der Waals surface area contributed by atoms with Gasteiger partial charge in [0.2, 0.25) is 6.30 Å². The largest absolute Gasteiger partial charge is 0.287 e. The van der Waals surface area contributed by atoms with Crippen LogP contribution >= 0.6 is 11.6 Å². The van der Waals surface area contributed by atoms with Crippen LogP contribution in [0.2, 0.25) is 0 Å². The molecule has 0 aliphatic rings. The van der Waals surface area contributed by atoms with Gasteiger partial charge in [-0.25, -0.2) is 0 Å². The van der Waals surface area contributed by atoms with Gasteiger partial charge in [0.15, 0.2) is 6.00 Å². The fourth-order valence-electron chi connectivity index (χ4n) is 0.0951. The van der Waals surface area contributed by atoms with Crippen LogP contribution in [0, 0.1) is 0 Å². The standard InChI is InChI=1S/C5H12ClFN/c1-5(7)8(2,3)4-6/h5H,4H2,1-3H3/q+1. The molecule has 0 aromatic heterocycles. The maximum absolute atomic E-state index is 12.4. The molecule has 8 heavy (non-hydrogen) atoms. The molecule has 50 valence electrons. The van der Waals surface area contributed by atoms with Gasteiger partial charge in [0.1, 0.15) is 0 Å². The lowest BCUT2D eigenvalue weighted by atomic mass is 10.5. The van der Waals surface area contributed by atoms with Crippen LogP contribution in [-0.2, 0) is 0 Å². The molecule has 0 N–H and O–H groups in total. The average Bonchev–Trinajstić information content (AvgIpc) is 1.67. The molecule has 3 heteroatoms. The van der Waals surface area contributed by atoms with E-state index >= 15 is 0 Å². The fraction of sp³-hybridized carbons (Fsp3) is 1.00. The number of halogens is 2. The minimum atomic E-state index is -0.882. The van der Waals surface area contributed by atoms with Gasteiger partial charge in [0.25, 0.3) is 0 Å². The highest BCUT2D eigenvalue weighted by Crippen LogP contribution is 2.07. The summed E-state index contributed by atoms with van der Waals surface area (Å²) in [5, 5.41) is 0. The van der Waals surface area contributed by atoms with Crippen LogP contribution in [0.1, 0.15) is 6.92 Å². The molecular weight excluding hydrogens is 129 g/mol. The molecule has 0 spiro atoms. The molecule has 1 atom stereocenters. The van der Waals surface area contributed by atoms with Crippen molar-refractivity contribution in [2.45, 2.75) is 13.2 Å². The highest BCUT2D eigenvalue weighted by Gasteiger charge is 2.20. The molecule has 0 aromatic rings. The van der Waals surface area contributed by atoms with E-state index in [2.05, 4.69) is 0 Å². The Hall–Kier alpha value is 0.180. The maximum Gasteiger partial charge on any atom is 0.229 e. The SMILES string of the molecule is CC(F)[N+](C)(C)CCl. The first-order valence-electron chi connectivity index (χ1n) is 2.53. The van der Waals surface area contributed by atoms with Crippen LogP contribution in [0.25, 0.3) is 0 Å². The van der Waals surface area contributed by atoms with Crippen LogP contribution in [0.4, 0.5) is 4.39 Å². The van der Waals surface area contributed by atoms with E-state index in [1.165, 1.54) is 6.92 Å². The maximum atomic E-state index is 12.4. The van der Waals surface area contributed by atoms with Crippen LogP contribution in [0.5, 0.6) is 0 Å². The third-order valence-corrected chi connectivity index (χ3v) is 1.89. The van der Waals surface area contributed by atoms with E-state index in [4.69, 9.17) is 11.6 Å². The molecular formula is C5H12ClFN+. The summed E-state index contributed by atoms with van der Waals surface area (Å²) in [4.78, 5) is 0. The lowest BCUT2D eigenvalue weighted by molar-refractivity contribution is -0.917. The van der Waals surface area contributed by atoms with Gasteiger partial charge in [-0.2, -0.15) is 4.39 Å². The number of quaternary nitrogens is 1. The van der Waals surface area contributed by atoms with Crippen molar-refractivity contribution >= 4 is 11.6 Å². The predicted molar refractivity (Wildman–Crippen MR) is 33.4 cm³/mol. The summed E-state index contributed by atoms with van der Waals surface area (Å²) in [5.41, 5.74) is 0. The molecule has 0 saturated carbocycles. The summed E-state index contributed by atoms with van der Waals surface area (Å²) in [7, 11) is 3.50. The molecule has 0 amide bonds. The Morgan fingerprint density at radius 1 is 1.62 bits per heavy atom. The summed E-state index contributed by atoms with van der Waals surface area (Å²) in [6.45, 7) is 1.50. The van der Waals surface area contributed by atoms with Crippen molar-refractivity contribution < 1.29 is 8.87 Å². The Kier molecular flexibility index (Phi) is 2.71. The summed E-state index contributed by atoms with van der Waals surface area (Å²) < 4.78 is 12.6. The lowest BCUT2D eigenvalue weighted by Crippen LogP contribution is -2.43. The summed E-state index contributed by atoms with van der Waals surface area (Å²) in [6, 6.07) is 0.317. The van der Waals surface area contributed by atoms with Gasteiger partial charge >= 0.3 is 0 Å². The second-order valence-corrected chi connectivity index (χ2v) is 2.71. The average molecular weight is 141 g/mol. The number of rotatable bonds is 2. The number of nitrogens with zero attached hydrogens (tertiary/aromatic N) is 1. The van der Waals surface area contributed by atoms with E-state index in [0.717, 1.165) is 0 Å². The van der Waals surface area contributed by atoms with Crippen molar-refractivity contribution in [2.24, 2.45) is 0 Å². The van der Waals surface area contributed by atoms with E-state index in [0.29, 0.717) is 6.00 Å². The topological polar surface area (TPSA) is 0 Å². The van der Waals surface area contributed by atoms with Crippen LogP contribution in [0.3, 0.4) is 0 Å². The van der Waals surface area contributed by atoms with Gasteiger partial charge in [-0.1, -0.05) is 11.6 Å².